The normalized spacial score (nSPS) is 28.4. The molecule has 1 saturated carbocycles. The third-order valence-corrected chi connectivity index (χ3v) is 10.8. The minimum absolute atomic E-state index is 0.0594. The van der Waals surface area contributed by atoms with Crippen LogP contribution in [0.5, 0.6) is 0 Å². The van der Waals surface area contributed by atoms with Crippen LogP contribution < -0.4 is 9.44 Å². The molecule has 0 bridgehead atoms. The smallest absolute Gasteiger partial charge is 0.276 e. The van der Waals surface area contributed by atoms with E-state index in [-0.39, 0.29) is 10.8 Å². The van der Waals surface area contributed by atoms with Crippen LogP contribution in [0, 0.1) is 11.3 Å². The van der Waals surface area contributed by atoms with Crippen LogP contribution in [0.15, 0.2) is 18.2 Å². The van der Waals surface area contributed by atoms with Crippen LogP contribution in [-0.4, -0.2) is 34.6 Å². The second kappa shape index (κ2) is 9.49. The molecule has 0 aliphatic heterocycles. The van der Waals surface area contributed by atoms with Crippen molar-refractivity contribution in [3.05, 3.63) is 34.9 Å². The molecule has 1 aromatic rings. The molecule has 2 aliphatic rings. The Labute approximate surface area is 197 Å². The van der Waals surface area contributed by atoms with Crippen molar-refractivity contribution in [3.63, 3.8) is 0 Å². The summed E-state index contributed by atoms with van der Waals surface area (Å²) in [4.78, 5) is 9.95. The number of nitrogens with one attached hydrogen (secondary N) is 2. The quantitative estimate of drug-likeness (QED) is 0.350. The van der Waals surface area contributed by atoms with Gasteiger partial charge in [0.15, 0.2) is 8.32 Å². The van der Waals surface area contributed by atoms with Crippen molar-refractivity contribution in [1.82, 2.24) is 9.44 Å². The Morgan fingerprint density at radius 2 is 1.91 bits per heavy atom. The van der Waals surface area contributed by atoms with Gasteiger partial charge in [-0.25, -0.2) is 9.44 Å². The summed E-state index contributed by atoms with van der Waals surface area (Å²) in [6, 6.07) is 7.77. The predicted molar refractivity (Wildman–Crippen MR) is 136 cm³/mol. The lowest BCUT2D eigenvalue weighted by atomic mass is 9.50. The molecule has 0 heterocycles. The zero-order valence-electron chi connectivity index (χ0n) is 20.9. The second-order valence-corrected chi connectivity index (χ2v) is 17.4. The van der Waals surface area contributed by atoms with Crippen molar-refractivity contribution in [1.29, 1.82) is 0 Å². The molecule has 0 saturated heterocycles. The third kappa shape index (κ3) is 5.84. The fourth-order valence-electron chi connectivity index (χ4n) is 6.25. The Hall–Kier alpha value is -0.733. The molecule has 1 aromatic carbocycles. The summed E-state index contributed by atoms with van der Waals surface area (Å²) in [6.07, 6.45) is 6.22. The monoisotopic (exact) mass is 480 g/mol. The molecule has 0 radical (unpaired) electrons. The number of rotatable bonds is 9. The fourth-order valence-corrected chi connectivity index (χ4v) is 8.33. The van der Waals surface area contributed by atoms with Crippen LogP contribution in [0.1, 0.15) is 82.4 Å². The molecule has 182 valence electrons. The predicted octanol–water partition coefficient (Wildman–Crippen LogP) is 4.83. The van der Waals surface area contributed by atoms with E-state index >= 15 is 0 Å². The van der Waals surface area contributed by atoms with Crippen molar-refractivity contribution in [2.45, 2.75) is 96.7 Å². The van der Waals surface area contributed by atoms with E-state index in [1.807, 2.05) is 13.1 Å². The lowest BCUT2D eigenvalue weighted by Gasteiger charge is -2.55. The van der Waals surface area contributed by atoms with Gasteiger partial charge in [0.05, 0.1) is 0 Å². The fraction of sp³-hybridized carbons (Fsp3) is 0.760. The van der Waals surface area contributed by atoms with E-state index in [9.17, 15) is 13.2 Å². The zero-order valence-corrected chi connectivity index (χ0v) is 22.7. The van der Waals surface area contributed by atoms with Gasteiger partial charge in [-0.1, -0.05) is 52.3 Å². The van der Waals surface area contributed by atoms with Crippen molar-refractivity contribution < 1.29 is 13.2 Å². The first-order chi connectivity index (χ1) is 14.8. The number of hydrogen-bond acceptors (Lipinski definition) is 3. The highest BCUT2D eigenvalue weighted by Crippen LogP contribution is 2.57. The summed E-state index contributed by atoms with van der Waals surface area (Å²) in [7, 11) is -5.67. The second-order valence-electron chi connectivity index (χ2n) is 11.7. The van der Waals surface area contributed by atoms with Crippen molar-refractivity contribution in [2.75, 3.05) is 13.1 Å². The molecule has 0 unspecified atom stereocenters. The number of aryl methyl sites for hydroxylation is 1. The molecule has 1 fully saturated rings. The maximum atomic E-state index is 12.6. The first-order valence-electron chi connectivity index (χ1n) is 12.4. The first kappa shape index (κ1) is 25.9. The van der Waals surface area contributed by atoms with Crippen LogP contribution in [0.2, 0.25) is 19.1 Å². The summed E-state index contributed by atoms with van der Waals surface area (Å²) in [5.41, 5.74) is 4.44. The number of hydrogen-bond donors (Lipinski definition) is 3. The highest BCUT2D eigenvalue weighted by Gasteiger charge is 2.51. The van der Waals surface area contributed by atoms with Gasteiger partial charge in [-0.2, -0.15) is 8.42 Å². The SMILES string of the molecule is CC(C)c1ccc2c(c1)CC[C@H]1[C@@](C)(CNS(=O)(=O)NCCC[Si](C)(C)O)CCC[C@]21C. The van der Waals surface area contributed by atoms with Gasteiger partial charge < -0.3 is 4.80 Å². The zero-order chi connectivity index (χ0) is 23.8. The highest BCUT2D eigenvalue weighted by atomic mass is 32.2. The van der Waals surface area contributed by atoms with E-state index in [4.69, 9.17) is 0 Å². The molecular weight excluding hydrogens is 436 g/mol. The average molecular weight is 481 g/mol. The van der Waals surface area contributed by atoms with E-state index in [0.717, 1.165) is 25.7 Å². The number of fused-ring (bicyclic) bond motifs is 3. The maximum Gasteiger partial charge on any atom is 0.276 e. The maximum absolute atomic E-state index is 12.6. The van der Waals surface area contributed by atoms with Crippen molar-refractivity contribution in [2.24, 2.45) is 11.3 Å². The van der Waals surface area contributed by atoms with Crippen LogP contribution >= 0.6 is 0 Å². The Morgan fingerprint density at radius 3 is 2.56 bits per heavy atom. The average Bonchev–Trinajstić information content (AvgIpc) is 2.69. The van der Waals surface area contributed by atoms with E-state index in [1.54, 1.807) is 0 Å². The summed E-state index contributed by atoms with van der Waals surface area (Å²) >= 11 is 0. The van der Waals surface area contributed by atoms with Crippen molar-refractivity contribution in [3.8, 4) is 0 Å². The van der Waals surface area contributed by atoms with Crippen LogP contribution in [0.4, 0.5) is 0 Å². The molecule has 0 spiro atoms. The Kier molecular flexibility index (Phi) is 7.68. The minimum Gasteiger partial charge on any atom is -0.432 e. The Bertz CT molecular complexity index is 912. The third-order valence-electron chi connectivity index (χ3n) is 8.09. The van der Waals surface area contributed by atoms with Crippen molar-refractivity contribution >= 4 is 18.5 Å². The van der Waals surface area contributed by atoms with Gasteiger partial charge in [0.25, 0.3) is 10.2 Å². The molecule has 3 N–H and O–H groups in total. The van der Waals surface area contributed by atoms with Gasteiger partial charge in [0.2, 0.25) is 0 Å². The Balaban J connectivity index is 1.69. The van der Waals surface area contributed by atoms with Gasteiger partial charge in [-0.3, -0.25) is 0 Å². The van der Waals surface area contributed by atoms with E-state index < -0.39 is 18.5 Å². The molecular formula is C25H44N2O3SSi. The van der Waals surface area contributed by atoms with Gasteiger partial charge in [0.1, 0.15) is 0 Å². The van der Waals surface area contributed by atoms with Gasteiger partial charge in [-0.05, 0) is 90.6 Å². The van der Waals surface area contributed by atoms with Crippen LogP contribution in [-0.2, 0) is 22.0 Å². The molecule has 32 heavy (non-hydrogen) atoms. The summed E-state index contributed by atoms with van der Waals surface area (Å²) in [5, 5.41) is 0. The molecule has 7 heteroatoms. The topological polar surface area (TPSA) is 78.4 Å². The van der Waals surface area contributed by atoms with Crippen LogP contribution in [0.25, 0.3) is 0 Å². The van der Waals surface area contributed by atoms with Gasteiger partial charge >= 0.3 is 0 Å². The van der Waals surface area contributed by atoms with E-state index in [1.165, 1.54) is 23.1 Å². The summed E-state index contributed by atoms with van der Waals surface area (Å²) in [5.74, 6) is 1.00. The highest BCUT2D eigenvalue weighted by molar-refractivity contribution is 7.87. The molecule has 3 atom stereocenters. The molecule has 0 amide bonds. The lowest BCUT2D eigenvalue weighted by Crippen LogP contribution is -2.54. The van der Waals surface area contributed by atoms with E-state index in [0.29, 0.717) is 37.4 Å². The molecule has 5 nitrogen and oxygen atoms in total. The standard InChI is InChI=1S/C25H44N2O3SSi/c1-19(2)20-9-11-22-21(17-20)10-12-23-24(3,13-7-14-25(22,23)4)18-27-31(28,29)26-15-8-16-32(5,6)30/h9,11,17,19,23,26-27,30H,7-8,10,12-16,18H2,1-6H3/t23-,24+,25+/m0/s1. The van der Waals surface area contributed by atoms with Gasteiger partial charge in [0, 0.05) is 13.1 Å². The lowest BCUT2D eigenvalue weighted by molar-refractivity contribution is 0.0298. The molecule has 2 aliphatic carbocycles. The number of benzene rings is 1. The molecule has 0 aromatic heterocycles. The minimum atomic E-state index is -3.54. The van der Waals surface area contributed by atoms with E-state index in [2.05, 4.69) is 55.3 Å². The van der Waals surface area contributed by atoms with Gasteiger partial charge in [-0.15, -0.1) is 0 Å². The van der Waals surface area contributed by atoms with Crippen LogP contribution in [0.3, 0.4) is 0 Å². The molecule has 3 rings (SSSR count). The largest absolute Gasteiger partial charge is 0.432 e. The summed E-state index contributed by atoms with van der Waals surface area (Å²) < 4.78 is 30.8. The summed E-state index contributed by atoms with van der Waals surface area (Å²) in [6.45, 7) is 13.8. The first-order valence-corrected chi connectivity index (χ1v) is 17.0. The Morgan fingerprint density at radius 1 is 1.19 bits per heavy atom.